The lowest BCUT2D eigenvalue weighted by molar-refractivity contribution is -0.153. The second-order valence-corrected chi connectivity index (χ2v) is 7.67. The molecule has 1 aliphatic heterocycles. The van der Waals surface area contributed by atoms with Gasteiger partial charge in [-0.25, -0.2) is 4.79 Å². The summed E-state index contributed by atoms with van der Waals surface area (Å²) in [5, 5.41) is 1.20. The molecule has 4 heteroatoms. The van der Waals surface area contributed by atoms with E-state index in [-0.39, 0.29) is 12.0 Å². The van der Waals surface area contributed by atoms with Gasteiger partial charge in [0.05, 0.1) is 6.04 Å². The zero-order valence-corrected chi connectivity index (χ0v) is 15.5. The SMILES string of the molecule is CC1=C[C@]2(OC1=O)c1cccc3[nH]cc(c13)C[C@H]2N(C)Cc1ccccc1. The number of fused-ring (bicyclic) bond motifs is 1. The van der Waals surface area contributed by atoms with E-state index in [0.717, 1.165) is 24.0 Å². The fourth-order valence-electron chi connectivity index (χ4n) is 4.69. The smallest absolute Gasteiger partial charge is 0.334 e. The van der Waals surface area contributed by atoms with Gasteiger partial charge in [0.25, 0.3) is 0 Å². The average molecular weight is 358 g/mol. The minimum absolute atomic E-state index is 0.0352. The minimum atomic E-state index is -0.737. The highest BCUT2D eigenvalue weighted by Crippen LogP contribution is 2.48. The summed E-state index contributed by atoms with van der Waals surface area (Å²) in [5.74, 6) is -0.218. The molecule has 2 heterocycles. The molecule has 0 amide bonds. The van der Waals surface area contributed by atoms with Gasteiger partial charge < -0.3 is 9.72 Å². The predicted molar refractivity (Wildman–Crippen MR) is 105 cm³/mol. The largest absolute Gasteiger partial charge is 0.445 e. The average Bonchev–Trinajstić information content (AvgIpc) is 3.21. The molecule has 1 N–H and O–H groups in total. The first-order chi connectivity index (χ1) is 13.1. The molecule has 0 bridgehead atoms. The molecule has 0 saturated carbocycles. The molecule has 2 aliphatic rings. The number of hydrogen-bond acceptors (Lipinski definition) is 3. The van der Waals surface area contributed by atoms with Gasteiger partial charge in [-0.3, -0.25) is 4.90 Å². The zero-order valence-electron chi connectivity index (χ0n) is 15.5. The van der Waals surface area contributed by atoms with Crippen LogP contribution in [-0.4, -0.2) is 28.9 Å². The third-order valence-electron chi connectivity index (χ3n) is 5.94. The molecule has 1 aromatic heterocycles. The minimum Gasteiger partial charge on any atom is -0.445 e. The number of likely N-dealkylation sites (N-methyl/N-ethyl adjacent to an activating group) is 1. The second kappa shape index (κ2) is 5.83. The summed E-state index contributed by atoms with van der Waals surface area (Å²) in [6, 6.07) is 16.7. The lowest BCUT2D eigenvalue weighted by atomic mass is 9.75. The fourth-order valence-corrected chi connectivity index (χ4v) is 4.69. The molecule has 4 nitrogen and oxygen atoms in total. The number of nitrogens with one attached hydrogen (secondary N) is 1. The van der Waals surface area contributed by atoms with E-state index in [1.54, 1.807) is 0 Å². The van der Waals surface area contributed by atoms with Crippen LogP contribution in [0.5, 0.6) is 0 Å². The van der Waals surface area contributed by atoms with Crippen LogP contribution in [0.15, 0.2) is 66.4 Å². The lowest BCUT2D eigenvalue weighted by Gasteiger charge is -2.43. The number of ether oxygens (including phenoxy) is 1. The van der Waals surface area contributed by atoms with E-state index in [1.165, 1.54) is 16.5 Å². The number of aromatic nitrogens is 1. The van der Waals surface area contributed by atoms with Crippen molar-refractivity contribution in [3.8, 4) is 0 Å². The van der Waals surface area contributed by atoms with Crippen LogP contribution in [0.1, 0.15) is 23.6 Å². The molecular formula is C23H22N2O2. The van der Waals surface area contributed by atoms with Crippen molar-refractivity contribution < 1.29 is 9.53 Å². The van der Waals surface area contributed by atoms with Gasteiger partial charge in [-0.1, -0.05) is 42.5 Å². The number of carbonyl (C=O) groups excluding carboxylic acids is 1. The number of benzene rings is 2. The Bertz CT molecular complexity index is 1070. The summed E-state index contributed by atoms with van der Waals surface area (Å²) in [7, 11) is 2.12. The fraction of sp³-hybridized carbons (Fsp3) is 0.261. The van der Waals surface area contributed by atoms with Crippen LogP contribution in [0, 0.1) is 0 Å². The van der Waals surface area contributed by atoms with Crippen LogP contribution in [0.3, 0.4) is 0 Å². The van der Waals surface area contributed by atoms with Crippen LogP contribution in [0.2, 0.25) is 0 Å². The normalized spacial score (nSPS) is 23.9. The van der Waals surface area contributed by atoms with E-state index < -0.39 is 5.60 Å². The van der Waals surface area contributed by atoms with Crippen molar-refractivity contribution >= 4 is 16.9 Å². The Morgan fingerprint density at radius 3 is 2.74 bits per heavy atom. The van der Waals surface area contributed by atoms with Crippen LogP contribution in [0.25, 0.3) is 10.9 Å². The molecule has 1 spiro atoms. The van der Waals surface area contributed by atoms with Crippen molar-refractivity contribution in [2.45, 2.75) is 31.5 Å². The molecule has 136 valence electrons. The molecule has 5 rings (SSSR count). The summed E-state index contributed by atoms with van der Waals surface area (Å²) in [6.07, 6.45) is 4.96. The van der Waals surface area contributed by atoms with Gasteiger partial charge >= 0.3 is 5.97 Å². The van der Waals surface area contributed by atoms with Crippen molar-refractivity contribution in [2.75, 3.05) is 7.05 Å². The van der Waals surface area contributed by atoms with Crippen LogP contribution < -0.4 is 0 Å². The second-order valence-electron chi connectivity index (χ2n) is 7.67. The van der Waals surface area contributed by atoms with E-state index in [2.05, 4.69) is 59.5 Å². The standard InChI is InChI=1S/C23H22N2O2/c1-15-12-23(27-22(15)26)18-9-6-10-19-21(18)17(13-24-19)11-20(23)25(2)14-16-7-4-3-5-8-16/h3-10,12-13,20,24H,11,14H2,1-2H3/t20-,23+/m1/s1. The molecule has 0 fully saturated rings. The van der Waals surface area contributed by atoms with Crippen molar-refractivity contribution in [2.24, 2.45) is 0 Å². The van der Waals surface area contributed by atoms with E-state index in [4.69, 9.17) is 4.74 Å². The van der Waals surface area contributed by atoms with E-state index >= 15 is 0 Å². The first-order valence-corrected chi connectivity index (χ1v) is 9.35. The number of hydrogen-bond donors (Lipinski definition) is 1. The van der Waals surface area contributed by atoms with Gasteiger partial charge in [0.1, 0.15) is 0 Å². The molecule has 27 heavy (non-hydrogen) atoms. The summed E-state index contributed by atoms with van der Waals surface area (Å²) in [4.78, 5) is 18.1. The van der Waals surface area contributed by atoms with E-state index in [0.29, 0.717) is 5.57 Å². The summed E-state index contributed by atoms with van der Waals surface area (Å²) in [5.41, 5.74) is 4.66. The zero-order chi connectivity index (χ0) is 18.6. The Morgan fingerprint density at radius 2 is 2.00 bits per heavy atom. The Labute approximate surface area is 158 Å². The van der Waals surface area contributed by atoms with Crippen LogP contribution in [0.4, 0.5) is 0 Å². The van der Waals surface area contributed by atoms with Crippen molar-refractivity contribution in [1.29, 1.82) is 0 Å². The predicted octanol–water partition coefficient (Wildman–Crippen LogP) is 3.92. The van der Waals surface area contributed by atoms with Crippen LogP contribution >= 0.6 is 0 Å². The Hall–Kier alpha value is -2.85. The monoisotopic (exact) mass is 358 g/mol. The molecule has 0 unspecified atom stereocenters. The number of nitrogens with zero attached hydrogens (tertiary/aromatic N) is 1. The highest BCUT2D eigenvalue weighted by molar-refractivity contribution is 5.95. The lowest BCUT2D eigenvalue weighted by Crippen LogP contribution is -2.51. The molecule has 1 aliphatic carbocycles. The quantitative estimate of drug-likeness (QED) is 0.722. The maximum Gasteiger partial charge on any atom is 0.334 e. The summed E-state index contributed by atoms with van der Waals surface area (Å²) >= 11 is 0. The number of rotatable bonds is 3. The van der Waals surface area contributed by atoms with Gasteiger partial charge in [0, 0.05) is 34.8 Å². The maximum atomic E-state index is 12.4. The highest BCUT2D eigenvalue weighted by atomic mass is 16.6. The van der Waals surface area contributed by atoms with Crippen molar-refractivity contribution in [3.05, 3.63) is 83.1 Å². The molecule has 3 aromatic rings. The molecular weight excluding hydrogens is 336 g/mol. The third kappa shape index (κ3) is 2.37. The van der Waals surface area contributed by atoms with E-state index in [9.17, 15) is 4.79 Å². The van der Waals surface area contributed by atoms with Gasteiger partial charge in [-0.15, -0.1) is 0 Å². The number of H-pyrrole nitrogens is 1. The summed E-state index contributed by atoms with van der Waals surface area (Å²) < 4.78 is 6.10. The first-order valence-electron chi connectivity index (χ1n) is 9.35. The molecule has 0 saturated heterocycles. The van der Waals surface area contributed by atoms with Crippen LogP contribution in [-0.2, 0) is 28.1 Å². The number of esters is 1. The Balaban J connectivity index is 1.64. The van der Waals surface area contributed by atoms with Gasteiger partial charge in [0.2, 0.25) is 0 Å². The van der Waals surface area contributed by atoms with E-state index in [1.807, 2.05) is 25.1 Å². The summed E-state index contributed by atoms with van der Waals surface area (Å²) in [6.45, 7) is 2.64. The maximum absolute atomic E-state index is 12.4. The third-order valence-corrected chi connectivity index (χ3v) is 5.94. The Kier molecular flexibility index (Phi) is 3.52. The van der Waals surface area contributed by atoms with Gasteiger partial charge in [0.15, 0.2) is 5.60 Å². The molecule has 2 atom stereocenters. The van der Waals surface area contributed by atoms with Gasteiger partial charge in [-0.2, -0.15) is 0 Å². The first kappa shape index (κ1) is 16.3. The van der Waals surface area contributed by atoms with Gasteiger partial charge in [-0.05, 0) is 43.7 Å². The molecule has 2 aromatic carbocycles. The number of carbonyl (C=O) groups is 1. The molecule has 0 radical (unpaired) electrons. The number of aromatic amines is 1. The topological polar surface area (TPSA) is 45.3 Å². The Morgan fingerprint density at radius 1 is 1.19 bits per heavy atom. The van der Waals surface area contributed by atoms with Crippen molar-refractivity contribution in [1.82, 2.24) is 9.88 Å². The highest BCUT2D eigenvalue weighted by Gasteiger charge is 2.51. The van der Waals surface area contributed by atoms with Crippen molar-refractivity contribution in [3.63, 3.8) is 0 Å².